The minimum absolute atomic E-state index is 0.0575. The first-order valence-corrected chi connectivity index (χ1v) is 4.66. The zero-order chi connectivity index (χ0) is 7.72. The Morgan fingerprint density at radius 3 is 2.70 bits per heavy atom. The second kappa shape index (κ2) is 2.70. The maximum Gasteiger partial charge on any atom is 0.232 e. The highest BCUT2D eigenvalue weighted by molar-refractivity contribution is 7.86. The predicted octanol–water partition coefficient (Wildman–Crippen LogP) is -0.358. The maximum atomic E-state index is 11.1. The lowest BCUT2D eigenvalue weighted by atomic mass is 10.2. The summed E-state index contributed by atoms with van der Waals surface area (Å²) < 4.78 is 11.1. The number of amides is 1. The molecule has 3 unspecified atom stereocenters. The van der Waals surface area contributed by atoms with E-state index in [1.165, 1.54) is 0 Å². The Bertz CT molecular complexity index is 181. The fourth-order valence-electron chi connectivity index (χ4n) is 0.901. The van der Waals surface area contributed by atoms with Crippen molar-refractivity contribution in [1.82, 2.24) is 5.32 Å². The first kappa shape index (κ1) is 7.72. The van der Waals surface area contributed by atoms with Crippen molar-refractivity contribution < 1.29 is 9.00 Å². The van der Waals surface area contributed by atoms with Gasteiger partial charge in [-0.1, -0.05) is 0 Å². The minimum atomic E-state index is -0.957. The van der Waals surface area contributed by atoms with Crippen LogP contribution >= 0.6 is 0 Å². The molecule has 3 atom stereocenters. The first-order valence-electron chi connectivity index (χ1n) is 3.28. The van der Waals surface area contributed by atoms with Gasteiger partial charge in [0.25, 0.3) is 0 Å². The van der Waals surface area contributed by atoms with E-state index < -0.39 is 10.8 Å². The van der Waals surface area contributed by atoms with Crippen molar-refractivity contribution in [3.05, 3.63) is 0 Å². The van der Waals surface area contributed by atoms with Crippen LogP contribution in [0.15, 0.2) is 0 Å². The van der Waals surface area contributed by atoms with E-state index in [-0.39, 0.29) is 23.0 Å². The summed E-state index contributed by atoms with van der Waals surface area (Å²) in [5, 5.41) is 2.82. The van der Waals surface area contributed by atoms with Crippen molar-refractivity contribution in [2.24, 2.45) is 0 Å². The number of carbonyl (C=O) groups excluding carboxylic acids is 1. The molecule has 1 heterocycles. The third-order valence-electron chi connectivity index (χ3n) is 1.78. The van der Waals surface area contributed by atoms with Crippen LogP contribution in [0, 0.1) is 0 Å². The van der Waals surface area contributed by atoms with Crippen molar-refractivity contribution in [2.45, 2.75) is 25.1 Å². The van der Waals surface area contributed by atoms with E-state index >= 15 is 0 Å². The van der Waals surface area contributed by atoms with E-state index in [1.54, 1.807) is 0 Å². The third-order valence-corrected chi connectivity index (χ3v) is 3.57. The fourth-order valence-corrected chi connectivity index (χ4v) is 2.03. The molecule has 1 fully saturated rings. The van der Waals surface area contributed by atoms with Crippen LogP contribution in [-0.2, 0) is 15.6 Å². The van der Waals surface area contributed by atoms with E-state index in [0.29, 0.717) is 0 Å². The Labute approximate surface area is 62.6 Å². The summed E-state index contributed by atoms with van der Waals surface area (Å²) in [6, 6.07) is 0.0575. The van der Waals surface area contributed by atoms with E-state index in [1.807, 2.05) is 13.8 Å². The van der Waals surface area contributed by atoms with Gasteiger partial charge in [-0.05, 0) is 13.8 Å². The van der Waals surface area contributed by atoms with Gasteiger partial charge in [0.05, 0.1) is 5.25 Å². The average molecular weight is 161 g/mol. The van der Waals surface area contributed by atoms with Crippen LogP contribution < -0.4 is 5.32 Å². The smallest absolute Gasteiger partial charge is 0.232 e. The summed E-state index contributed by atoms with van der Waals surface area (Å²) >= 11 is 0. The highest BCUT2D eigenvalue weighted by Gasteiger charge is 2.27. The number of hydrogen-bond acceptors (Lipinski definition) is 2. The molecule has 10 heavy (non-hydrogen) atoms. The van der Waals surface area contributed by atoms with E-state index in [9.17, 15) is 9.00 Å². The molecule has 0 bridgehead atoms. The summed E-state index contributed by atoms with van der Waals surface area (Å²) in [5.74, 6) is 0.0785. The van der Waals surface area contributed by atoms with Crippen LogP contribution in [0.3, 0.4) is 0 Å². The molecule has 0 aliphatic carbocycles. The second-order valence-corrected chi connectivity index (χ2v) is 4.38. The predicted molar refractivity (Wildman–Crippen MR) is 40.1 cm³/mol. The van der Waals surface area contributed by atoms with Crippen LogP contribution in [0.2, 0.25) is 0 Å². The minimum Gasteiger partial charge on any atom is -0.352 e. The molecular weight excluding hydrogens is 150 g/mol. The standard InChI is InChI=1S/C6H11NO2S/c1-4-5(2)10(9)3-6(8)7-4/h4-5H,3H2,1-2H3,(H,7,8). The van der Waals surface area contributed by atoms with Crippen LogP contribution in [0.25, 0.3) is 0 Å². The normalized spacial score (nSPS) is 41.0. The number of hydrogen-bond donors (Lipinski definition) is 1. The van der Waals surface area contributed by atoms with Gasteiger partial charge in [0.2, 0.25) is 5.91 Å². The van der Waals surface area contributed by atoms with Crippen molar-refractivity contribution >= 4 is 16.7 Å². The van der Waals surface area contributed by atoms with Gasteiger partial charge in [0.1, 0.15) is 5.75 Å². The van der Waals surface area contributed by atoms with Gasteiger partial charge in [-0.15, -0.1) is 0 Å². The van der Waals surface area contributed by atoms with Crippen molar-refractivity contribution in [2.75, 3.05) is 5.75 Å². The maximum absolute atomic E-state index is 11.1. The quantitative estimate of drug-likeness (QED) is 0.527. The van der Waals surface area contributed by atoms with Gasteiger partial charge < -0.3 is 5.32 Å². The molecule has 1 rings (SSSR count). The largest absolute Gasteiger partial charge is 0.352 e. The Morgan fingerprint density at radius 1 is 1.60 bits per heavy atom. The Balaban J connectivity index is 2.66. The first-order chi connectivity index (χ1) is 4.61. The molecule has 1 amide bonds. The second-order valence-electron chi connectivity index (χ2n) is 2.59. The molecule has 4 heteroatoms. The van der Waals surface area contributed by atoms with Crippen LogP contribution in [0.5, 0.6) is 0 Å². The summed E-state index contributed by atoms with van der Waals surface area (Å²) in [6.07, 6.45) is 0. The van der Waals surface area contributed by atoms with Crippen LogP contribution in [0.4, 0.5) is 0 Å². The summed E-state index contributed by atoms with van der Waals surface area (Å²) in [6.45, 7) is 3.76. The van der Waals surface area contributed by atoms with Crippen molar-refractivity contribution in [3.63, 3.8) is 0 Å². The Hall–Kier alpha value is -0.380. The topological polar surface area (TPSA) is 46.2 Å². The van der Waals surface area contributed by atoms with Gasteiger partial charge in [0.15, 0.2) is 0 Å². The van der Waals surface area contributed by atoms with E-state index in [0.717, 1.165) is 0 Å². The zero-order valence-electron chi connectivity index (χ0n) is 6.09. The molecule has 0 aromatic rings. The molecule has 0 spiro atoms. The lowest BCUT2D eigenvalue weighted by Crippen LogP contribution is -2.50. The number of nitrogens with one attached hydrogen (secondary N) is 1. The number of rotatable bonds is 0. The third kappa shape index (κ3) is 1.37. The summed E-state index contributed by atoms with van der Waals surface area (Å²) in [7, 11) is -0.957. The van der Waals surface area contributed by atoms with Crippen molar-refractivity contribution in [3.8, 4) is 0 Å². The summed E-state index contributed by atoms with van der Waals surface area (Å²) in [5.41, 5.74) is 0. The zero-order valence-corrected chi connectivity index (χ0v) is 6.90. The molecule has 58 valence electrons. The lowest BCUT2D eigenvalue weighted by molar-refractivity contribution is -0.119. The molecule has 0 radical (unpaired) electrons. The SMILES string of the molecule is CC1NC(=O)CS(=O)C1C. The van der Waals surface area contributed by atoms with Gasteiger partial charge >= 0.3 is 0 Å². The number of carbonyl (C=O) groups is 1. The van der Waals surface area contributed by atoms with Gasteiger partial charge in [0, 0.05) is 16.8 Å². The van der Waals surface area contributed by atoms with E-state index in [2.05, 4.69) is 5.32 Å². The monoisotopic (exact) mass is 161 g/mol. The highest BCUT2D eigenvalue weighted by Crippen LogP contribution is 2.06. The lowest BCUT2D eigenvalue weighted by Gasteiger charge is -2.25. The fraction of sp³-hybridized carbons (Fsp3) is 0.833. The molecule has 1 aliphatic heterocycles. The van der Waals surface area contributed by atoms with Gasteiger partial charge in [-0.2, -0.15) is 0 Å². The molecule has 0 aromatic heterocycles. The molecule has 1 N–H and O–H groups in total. The molecule has 0 saturated carbocycles. The highest BCUT2D eigenvalue weighted by atomic mass is 32.2. The van der Waals surface area contributed by atoms with Crippen molar-refractivity contribution in [1.29, 1.82) is 0 Å². The molecule has 1 aliphatic rings. The molecule has 3 nitrogen and oxygen atoms in total. The summed E-state index contributed by atoms with van der Waals surface area (Å²) in [4.78, 5) is 10.7. The van der Waals surface area contributed by atoms with E-state index in [4.69, 9.17) is 0 Å². The molecule has 0 aromatic carbocycles. The average Bonchev–Trinajstić information content (AvgIpc) is 1.82. The van der Waals surface area contributed by atoms with Crippen LogP contribution in [-0.4, -0.2) is 27.2 Å². The Kier molecular flexibility index (Phi) is 2.08. The molecular formula is C6H11NO2S. The Morgan fingerprint density at radius 2 is 2.20 bits per heavy atom. The van der Waals surface area contributed by atoms with Gasteiger partial charge in [-0.3, -0.25) is 9.00 Å². The molecule has 1 saturated heterocycles. The van der Waals surface area contributed by atoms with Gasteiger partial charge in [-0.25, -0.2) is 0 Å². The van der Waals surface area contributed by atoms with Crippen LogP contribution in [0.1, 0.15) is 13.8 Å².